The maximum Gasteiger partial charge on any atom is 0.257 e. The van der Waals surface area contributed by atoms with Gasteiger partial charge in [-0.2, -0.15) is 0 Å². The Labute approximate surface area is 175 Å². The third-order valence-electron chi connectivity index (χ3n) is 5.49. The van der Waals surface area contributed by atoms with E-state index in [1.54, 1.807) is 0 Å². The molecule has 0 unspecified atom stereocenters. The van der Waals surface area contributed by atoms with Gasteiger partial charge in [0.15, 0.2) is 5.76 Å². The number of rotatable bonds is 9. The molecule has 1 aromatic carbocycles. The normalized spacial score (nSPS) is 13.0. The molecule has 0 spiro atoms. The number of hydrogen-bond donors (Lipinski definition) is 1. The van der Waals surface area contributed by atoms with Crippen molar-refractivity contribution in [3.05, 3.63) is 41.1 Å². The molecule has 1 N–H and O–H groups in total. The Kier molecular flexibility index (Phi) is 8.03. The van der Waals surface area contributed by atoms with Gasteiger partial charge in [0.05, 0.1) is 5.69 Å². The number of nitrogens with zero attached hydrogens (tertiary/aromatic N) is 2. The fourth-order valence-electron chi connectivity index (χ4n) is 3.48. The van der Waals surface area contributed by atoms with Crippen molar-refractivity contribution in [1.29, 1.82) is 0 Å². The SMILES string of the molecule is CCN(CC)CCC[C@H](C)NC(=O)c1c(C)noc1-c1ccc(C(C)(C)C)cc1. The summed E-state index contributed by atoms with van der Waals surface area (Å²) in [5.74, 6) is 0.421. The van der Waals surface area contributed by atoms with Gasteiger partial charge in [-0.05, 0) is 57.3 Å². The van der Waals surface area contributed by atoms with E-state index >= 15 is 0 Å². The highest BCUT2D eigenvalue weighted by Crippen LogP contribution is 2.29. The molecule has 0 bridgehead atoms. The number of benzene rings is 1. The molecule has 1 amide bonds. The number of carbonyl (C=O) groups is 1. The molecule has 29 heavy (non-hydrogen) atoms. The van der Waals surface area contributed by atoms with E-state index in [0.717, 1.165) is 38.0 Å². The summed E-state index contributed by atoms with van der Waals surface area (Å²) >= 11 is 0. The number of aromatic nitrogens is 1. The van der Waals surface area contributed by atoms with Gasteiger partial charge >= 0.3 is 0 Å². The van der Waals surface area contributed by atoms with Crippen LogP contribution in [0.15, 0.2) is 28.8 Å². The Morgan fingerprint density at radius 3 is 2.34 bits per heavy atom. The summed E-state index contributed by atoms with van der Waals surface area (Å²) in [4.78, 5) is 15.3. The maximum absolute atomic E-state index is 12.9. The summed E-state index contributed by atoms with van der Waals surface area (Å²) in [5, 5.41) is 7.18. The number of nitrogens with one attached hydrogen (secondary N) is 1. The smallest absolute Gasteiger partial charge is 0.257 e. The van der Waals surface area contributed by atoms with E-state index < -0.39 is 0 Å². The molecule has 0 aliphatic rings. The molecule has 5 nitrogen and oxygen atoms in total. The fourth-order valence-corrected chi connectivity index (χ4v) is 3.48. The predicted molar refractivity (Wildman–Crippen MR) is 119 cm³/mol. The second-order valence-corrected chi connectivity index (χ2v) is 8.84. The van der Waals surface area contributed by atoms with Crippen molar-refractivity contribution in [2.75, 3.05) is 19.6 Å². The van der Waals surface area contributed by atoms with Crippen LogP contribution in [0.4, 0.5) is 0 Å². The lowest BCUT2D eigenvalue weighted by atomic mass is 9.86. The lowest BCUT2D eigenvalue weighted by Gasteiger charge is -2.20. The Hall–Kier alpha value is -2.14. The first-order valence-corrected chi connectivity index (χ1v) is 10.8. The van der Waals surface area contributed by atoms with Crippen LogP contribution in [0.5, 0.6) is 0 Å². The van der Waals surface area contributed by atoms with Crippen molar-refractivity contribution < 1.29 is 9.32 Å². The number of hydrogen-bond acceptors (Lipinski definition) is 4. The molecule has 2 aromatic rings. The second-order valence-electron chi connectivity index (χ2n) is 8.84. The molecule has 2 rings (SSSR count). The summed E-state index contributed by atoms with van der Waals surface area (Å²) in [5.41, 5.74) is 3.34. The highest BCUT2D eigenvalue weighted by molar-refractivity contribution is 6.00. The van der Waals surface area contributed by atoms with Crippen molar-refractivity contribution in [1.82, 2.24) is 15.4 Å². The Morgan fingerprint density at radius 2 is 1.79 bits per heavy atom. The molecule has 1 atom stereocenters. The molecule has 0 aliphatic heterocycles. The van der Waals surface area contributed by atoms with Gasteiger partial charge in [0.25, 0.3) is 5.91 Å². The standard InChI is InChI=1S/C24H37N3O2/c1-8-27(9-2)16-10-11-17(3)25-23(28)21-18(4)26-29-22(21)19-12-14-20(15-13-19)24(5,6)7/h12-15,17H,8-11,16H2,1-7H3,(H,25,28)/t17-/m0/s1. The Morgan fingerprint density at radius 1 is 1.17 bits per heavy atom. The van der Waals surface area contributed by atoms with Crippen LogP contribution >= 0.6 is 0 Å². The average Bonchev–Trinajstić information content (AvgIpc) is 3.06. The number of aryl methyl sites for hydroxylation is 1. The molecule has 0 radical (unpaired) electrons. The summed E-state index contributed by atoms with van der Waals surface area (Å²) in [7, 11) is 0. The van der Waals surface area contributed by atoms with E-state index in [-0.39, 0.29) is 17.4 Å². The first-order chi connectivity index (χ1) is 13.7. The van der Waals surface area contributed by atoms with Crippen molar-refractivity contribution in [3.63, 3.8) is 0 Å². The van der Waals surface area contributed by atoms with Crippen LogP contribution in [0.3, 0.4) is 0 Å². The van der Waals surface area contributed by atoms with Gasteiger partial charge in [0.2, 0.25) is 0 Å². The van der Waals surface area contributed by atoms with Gasteiger partial charge < -0.3 is 14.7 Å². The molecule has 5 heteroatoms. The zero-order chi connectivity index (χ0) is 21.6. The highest BCUT2D eigenvalue weighted by atomic mass is 16.5. The lowest BCUT2D eigenvalue weighted by molar-refractivity contribution is 0.0937. The van der Waals surface area contributed by atoms with Gasteiger partial charge in [-0.3, -0.25) is 4.79 Å². The summed E-state index contributed by atoms with van der Waals surface area (Å²) in [6.45, 7) is 18.0. The van der Waals surface area contributed by atoms with Gasteiger partial charge in [0.1, 0.15) is 5.56 Å². The largest absolute Gasteiger partial charge is 0.355 e. The van der Waals surface area contributed by atoms with Gasteiger partial charge in [-0.25, -0.2) is 0 Å². The molecule has 0 aliphatic carbocycles. The van der Waals surface area contributed by atoms with Crippen LogP contribution in [0, 0.1) is 6.92 Å². The minimum atomic E-state index is -0.117. The second kappa shape index (κ2) is 10.1. The zero-order valence-electron chi connectivity index (χ0n) is 19.1. The monoisotopic (exact) mass is 399 g/mol. The van der Waals surface area contributed by atoms with Gasteiger partial charge in [-0.1, -0.05) is 64.0 Å². The predicted octanol–water partition coefficient (Wildman–Crippen LogP) is 5.19. The van der Waals surface area contributed by atoms with Crippen molar-refractivity contribution in [2.24, 2.45) is 0 Å². The van der Waals surface area contributed by atoms with E-state index in [2.05, 4.69) is 69.0 Å². The number of carbonyl (C=O) groups excluding carboxylic acids is 1. The van der Waals surface area contributed by atoms with Crippen LogP contribution in [-0.2, 0) is 5.41 Å². The fraction of sp³-hybridized carbons (Fsp3) is 0.583. The van der Waals surface area contributed by atoms with Crippen LogP contribution in [0.1, 0.15) is 76.0 Å². The quantitative estimate of drug-likeness (QED) is 0.630. The molecular formula is C24H37N3O2. The zero-order valence-corrected chi connectivity index (χ0v) is 19.1. The summed E-state index contributed by atoms with van der Waals surface area (Å²) in [6.07, 6.45) is 2.01. The molecule has 1 heterocycles. The minimum absolute atomic E-state index is 0.0800. The number of amides is 1. The molecule has 0 saturated heterocycles. The van der Waals surface area contributed by atoms with Gasteiger partial charge in [0, 0.05) is 11.6 Å². The highest BCUT2D eigenvalue weighted by Gasteiger charge is 2.23. The van der Waals surface area contributed by atoms with Crippen molar-refractivity contribution >= 4 is 5.91 Å². The average molecular weight is 400 g/mol. The van der Waals surface area contributed by atoms with Gasteiger partial charge in [-0.15, -0.1) is 0 Å². The van der Waals surface area contributed by atoms with E-state index in [0.29, 0.717) is 17.0 Å². The summed E-state index contributed by atoms with van der Waals surface area (Å²) in [6, 6.07) is 8.29. The van der Waals surface area contributed by atoms with Crippen molar-refractivity contribution in [3.8, 4) is 11.3 Å². The molecule has 1 aromatic heterocycles. The topological polar surface area (TPSA) is 58.4 Å². The first-order valence-electron chi connectivity index (χ1n) is 10.8. The van der Waals surface area contributed by atoms with Crippen LogP contribution < -0.4 is 5.32 Å². The third-order valence-corrected chi connectivity index (χ3v) is 5.49. The third kappa shape index (κ3) is 6.17. The van der Waals surface area contributed by atoms with E-state index in [1.807, 2.05) is 19.1 Å². The molecule has 0 fully saturated rings. The molecular weight excluding hydrogens is 362 g/mol. The van der Waals surface area contributed by atoms with E-state index in [9.17, 15) is 4.79 Å². The van der Waals surface area contributed by atoms with Crippen LogP contribution in [-0.4, -0.2) is 41.6 Å². The van der Waals surface area contributed by atoms with Crippen LogP contribution in [0.25, 0.3) is 11.3 Å². The molecule has 160 valence electrons. The van der Waals surface area contributed by atoms with E-state index in [4.69, 9.17) is 4.52 Å². The van der Waals surface area contributed by atoms with E-state index in [1.165, 1.54) is 5.56 Å². The van der Waals surface area contributed by atoms with Crippen molar-refractivity contribution in [2.45, 2.75) is 72.8 Å². The van der Waals surface area contributed by atoms with Crippen LogP contribution in [0.2, 0.25) is 0 Å². The maximum atomic E-state index is 12.9. The summed E-state index contributed by atoms with van der Waals surface area (Å²) < 4.78 is 5.53. The Bertz CT molecular complexity index is 783. The lowest BCUT2D eigenvalue weighted by Crippen LogP contribution is -2.34. The molecule has 0 saturated carbocycles. The first kappa shape index (κ1) is 23.1. The minimum Gasteiger partial charge on any atom is -0.355 e. The Balaban J connectivity index is 2.07.